The van der Waals surface area contributed by atoms with E-state index < -0.39 is 0 Å². The molecule has 0 amide bonds. The highest BCUT2D eigenvalue weighted by Crippen LogP contribution is 2.34. The zero-order valence-electron chi connectivity index (χ0n) is 15.8. The van der Waals surface area contributed by atoms with Crippen molar-refractivity contribution in [2.24, 2.45) is 0 Å². The van der Waals surface area contributed by atoms with E-state index in [9.17, 15) is 13.6 Å². The van der Waals surface area contributed by atoms with Crippen LogP contribution in [0.15, 0.2) is 42.5 Å². The summed E-state index contributed by atoms with van der Waals surface area (Å²) in [6, 6.07) is 11.3. The summed E-state index contributed by atoms with van der Waals surface area (Å²) in [6.45, 7) is 2.80. The summed E-state index contributed by atoms with van der Waals surface area (Å²) >= 11 is 0. The predicted molar refractivity (Wildman–Crippen MR) is 104 cm³/mol. The second kappa shape index (κ2) is 9.23. The van der Waals surface area contributed by atoms with E-state index in [4.69, 9.17) is 0 Å². The quantitative estimate of drug-likeness (QED) is 0.510. The van der Waals surface area contributed by atoms with Gasteiger partial charge < -0.3 is 5.32 Å². The molecule has 1 N–H and O–H groups in total. The van der Waals surface area contributed by atoms with Crippen LogP contribution in [0.5, 0.6) is 0 Å². The minimum Gasteiger partial charge on any atom is -0.314 e. The lowest BCUT2D eigenvalue weighted by molar-refractivity contribution is 0.0979. The average Bonchev–Trinajstić information content (AvgIpc) is 2.66. The first-order chi connectivity index (χ1) is 13.0. The van der Waals surface area contributed by atoms with Crippen molar-refractivity contribution in [3.05, 3.63) is 70.8 Å². The molecule has 27 heavy (non-hydrogen) atoms. The normalized spacial score (nSPS) is 19.8. The van der Waals surface area contributed by atoms with Gasteiger partial charge in [0.2, 0.25) is 0 Å². The number of carbonyl (C=O) groups excluding carboxylic acids is 1. The van der Waals surface area contributed by atoms with E-state index in [0.29, 0.717) is 23.9 Å². The minimum atomic E-state index is -0.320. The Morgan fingerprint density at radius 3 is 2.33 bits per heavy atom. The summed E-state index contributed by atoms with van der Waals surface area (Å²) in [5, 5.41) is 3.56. The topological polar surface area (TPSA) is 29.1 Å². The molecule has 1 aliphatic rings. The third-order valence-corrected chi connectivity index (χ3v) is 5.58. The Hall–Kier alpha value is -2.07. The number of aryl methyl sites for hydroxylation is 1. The van der Waals surface area contributed by atoms with Crippen molar-refractivity contribution in [3.63, 3.8) is 0 Å². The molecular weight excluding hydrogens is 344 g/mol. The summed E-state index contributed by atoms with van der Waals surface area (Å²) in [4.78, 5) is 12.1. The maximum atomic E-state index is 13.3. The van der Waals surface area contributed by atoms with Crippen molar-refractivity contribution in [1.82, 2.24) is 5.32 Å². The van der Waals surface area contributed by atoms with E-state index in [0.717, 1.165) is 44.2 Å². The van der Waals surface area contributed by atoms with E-state index >= 15 is 0 Å². The molecule has 2 nitrogen and oxygen atoms in total. The SMILES string of the molecule is Cc1cc(F)ccc1C1CCC(NCCCC(=O)c2ccc(F)cc2)CC1. The van der Waals surface area contributed by atoms with Crippen molar-refractivity contribution in [2.75, 3.05) is 6.54 Å². The van der Waals surface area contributed by atoms with Gasteiger partial charge in [-0.2, -0.15) is 0 Å². The van der Waals surface area contributed by atoms with Gasteiger partial charge in [-0.15, -0.1) is 0 Å². The number of hydrogen-bond acceptors (Lipinski definition) is 2. The molecule has 0 bridgehead atoms. The largest absolute Gasteiger partial charge is 0.314 e. The van der Waals surface area contributed by atoms with E-state index in [1.54, 1.807) is 24.3 Å². The first kappa shape index (κ1) is 19.7. The van der Waals surface area contributed by atoms with Gasteiger partial charge >= 0.3 is 0 Å². The van der Waals surface area contributed by atoms with Gasteiger partial charge in [0.05, 0.1) is 0 Å². The van der Waals surface area contributed by atoms with Crippen LogP contribution < -0.4 is 5.32 Å². The number of halogens is 2. The van der Waals surface area contributed by atoms with Gasteiger partial charge in [-0.05, 0) is 99.0 Å². The molecule has 0 heterocycles. The molecule has 0 aromatic heterocycles. The molecule has 3 rings (SSSR count). The van der Waals surface area contributed by atoms with Crippen LogP contribution in [0.3, 0.4) is 0 Å². The number of carbonyl (C=O) groups is 1. The van der Waals surface area contributed by atoms with Gasteiger partial charge in [0, 0.05) is 18.0 Å². The van der Waals surface area contributed by atoms with Crippen LogP contribution in [-0.2, 0) is 0 Å². The fourth-order valence-electron chi connectivity index (χ4n) is 4.04. The molecule has 2 aromatic carbocycles. The van der Waals surface area contributed by atoms with E-state index in [1.165, 1.54) is 17.7 Å². The highest BCUT2D eigenvalue weighted by Gasteiger charge is 2.23. The summed E-state index contributed by atoms with van der Waals surface area (Å²) in [7, 11) is 0. The van der Waals surface area contributed by atoms with Crippen LogP contribution in [0.25, 0.3) is 0 Å². The first-order valence-electron chi connectivity index (χ1n) is 9.81. The lowest BCUT2D eigenvalue weighted by Gasteiger charge is -2.30. The first-order valence-corrected chi connectivity index (χ1v) is 9.81. The molecule has 0 saturated heterocycles. The second-order valence-corrected chi connectivity index (χ2v) is 7.54. The Kier molecular flexibility index (Phi) is 6.73. The zero-order chi connectivity index (χ0) is 19.2. The van der Waals surface area contributed by atoms with Crippen LogP contribution in [0.4, 0.5) is 8.78 Å². The van der Waals surface area contributed by atoms with Crippen LogP contribution >= 0.6 is 0 Å². The Bertz CT molecular complexity index is 764. The average molecular weight is 371 g/mol. The molecule has 2 aromatic rings. The number of Topliss-reactive ketones (excluding diaryl/α,β-unsaturated/α-hetero) is 1. The van der Waals surface area contributed by atoms with Gasteiger partial charge in [0.15, 0.2) is 5.78 Å². The van der Waals surface area contributed by atoms with Gasteiger partial charge in [0.1, 0.15) is 11.6 Å². The third-order valence-electron chi connectivity index (χ3n) is 5.58. The van der Waals surface area contributed by atoms with E-state index in [-0.39, 0.29) is 17.4 Å². The predicted octanol–water partition coefficient (Wildman–Crippen LogP) is 5.55. The third kappa shape index (κ3) is 5.46. The molecule has 0 unspecified atom stereocenters. The molecule has 0 atom stereocenters. The van der Waals surface area contributed by atoms with Gasteiger partial charge in [0.25, 0.3) is 0 Å². The Morgan fingerprint density at radius 1 is 1.00 bits per heavy atom. The Labute approximate surface area is 160 Å². The maximum Gasteiger partial charge on any atom is 0.162 e. The van der Waals surface area contributed by atoms with Crippen molar-refractivity contribution in [2.45, 2.75) is 57.4 Å². The highest BCUT2D eigenvalue weighted by atomic mass is 19.1. The van der Waals surface area contributed by atoms with Crippen LogP contribution in [0.1, 0.15) is 65.9 Å². The Morgan fingerprint density at radius 2 is 1.67 bits per heavy atom. The highest BCUT2D eigenvalue weighted by molar-refractivity contribution is 5.95. The molecule has 0 spiro atoms. The molecule has 1 aliphatic carbocycles. The lowest BCUT2D eigenvalue weighted by Crippen LogP contribution is -2.33. The molecule has 1 fully saturated rings. The number of hydrogen-bond donors (Lipinski definition) is 1. The second-order valence-electron chi connectivity index (χ2n) is 7.54. The lowest BCUT2D eigenvalue weighted by atomic mass is 9.80. The number of ketones is 1. The van der Waals surface area contributed by atoms with Crippen LogP contribution in [-0.4, -0.2) is 18.4 Å². The molecule has 4 heteroatoms. The van der Waals surface area contributed by atoms with Crippen LogP contribution in [0.2, 0.25) is 0 Å². The summed E-state index contributed by atoms with van der Waals surface area (Å²) < 4.78 is 26.2. The van der Waals surface area contributed by atoms with Gasteiger partial charge in [-0.1, -0.05) is 6.07 Å². The molecule has 1 saturated carbocycles. The number of benzene rings is 2. The molecule has 0 aliphatic heterocycles. The number of nitrogens with one attached hydrogen (secondary N) is 1. The minimum absolute atomic E-state index is 0.0623. The standard InChI is InChI=1S/C23H27F2NO/c1-16-15-20(25)10-13-22(16)17-6-11-21(12-7-17)26-14-2-3-23(27)18-4-8-19(24)9-5-18/h4-5,8-10,13,15,17,21,26H,2-3,6-7,11-12,14H2,1H3. The maximum absolute atomic E-state index is 13.3. The van der Waals surface area contributed by atoms with E-state index in [2.05, 4.69) is 5.32 Å². The van der Waals surface area contributed by atoms with Crippen molar-refractivity contribution in [1.29, 1.82) is 0 Å². The smallest absolute Gasteiger partial charge is 0.162 e. The van der Waals surface area contributed by atoms with Crippen molar-refractivity contribution < 1.29 is 13.6 Å². The molecule has 0 radical (unpaired) electrons. The monoisotopic (exact) mass is 371 g/mol. The van der Waals surface area contributed by atoms with Crippen LogP contribution in [0, 0.1) is 18.6 Å². The summed E-state index contributed by atoms with van der Waals surface area (Å²) in [6.07, 6.45) is 5.69. The van der Waals surface area contributed by atoms with Crippen molar-refractivity contribution >= 4 is 5.78 Å². The van der Waals surface area contributed by atoms with Crippen molar-refractivity contribution in [3.8, 4) is 0 Å². The summed E-state index contributed by atoms with van der Waals surface area (Å²) in [5.74, 6) is 0.0948. The molecular formula is C23H27F2NO. The fourth-order valence-corrected chi connectivity index (χ4v) is 4.04. The summed E-state index contributed by atoms with van der Waals surface area (Å²) in [5.41, 5.74) is 2.90. The van der Waals surface area contributed by atoms with Gasteiger partial charge in [-0.3, -0.25) is 4.79 Å². The van der Waals surface area contributed by atoms with E-state index in [1.807, 2.05) is 13.0 Å². The fraction of sp³-hybridized carbons (Fsp3) is 0.435. The zero-order valence-corrected chi connectivity index (χ0v) is 15.8. The Balaban J connectivity index is 1.37. The van der Waals surface area contributed by atoms with Gasteiger partial charge in [-0.25, -0.2) is 8.78 Å². The number of rotatable bonds is 7. The molecule has 144 valence electrons.